The minimum Gasteiger partial charge on any atom is -0.478 e. The summed E-state index contributed by atoms with van der Waals surface area (Å²) in [7, 11) is 0. The molecule has 0 radical (unpaired) electrons. The molecule has 9 nitrogen and oxygen atoms in total. The van der Waals surface area contributed by atoms with Crippen LogP contribution in [0, 0.1) is 0 Å². The lowest BCUT2D eigenvalue weighted by Crippen LogP contribution is -2.14. The van der Waals surface area contributed by atoms with E-state index in [0.29, 0.717) is 16.8 Å². The fourth-order valence-corrected chi connectivity index (χ4v) is 3.64. The number of rotatable bonds is 7. The van der Waals surface area contributed by atoms with Gasteiger partial charge in [-0.15, -0.1) is 0 Å². The van der Waals surface area contributed by atoms with Gasteiger partial charge in [-0.2, -0.15) is 5.10 Å². The molecule has 0 aliphatic rings. The van der Waals surface area contributed by atoms with Crippen LogP contribution in [0.15, 0.2) is 83.5 Å². The number of hydrogen-bond donors (Lipinski definition) is 2. The quantitative estimate of drug-likeness (QED) is 0.284. The van der Waals surface area contributed by atoms with Crippen molar-refractivity contribution in [1.82, 2.24) is 14.8 Å². The van der Waals surface area contributed by atoms with Crippen molar-refractivity contribution < 1.29 is 23.8 Å². The number of carbonyl (C=O) groups excluding carboxylic acids is 1. The van der Waals surface area contributed by atoms with Crippen LogP contribution in [0.1, 0.15) is 20.7 Å². The molecular weight excluding hydrogens is 472 g/mol. The summed E-state index contributed by atoms with van der Waals surface area (Å²) in [6, 6.07) is 18.9. The average Bonchev–Trinajstić information content (AvgIpc) is 3.50. The van der Waals surface area contributed by atoms with Gasteiger partial charge in [-0.3, -0.25) is 0 Å². The second-order valence-electron chi connectivity index (χ2n) is 7.49. The maximum atomic E-state index is 12.4. The van der Waals surface area contributed by atoms with Crippen molar-refractivity contribution in [2.24, 2.45) is 0 Å². The molecule has 5 aromatic rings. The standard InChI is InChI=1S/C25H17ClN4O5/c26-17-7-5-15(6-8-17)22-13-27-25(35-22)29-18-9-10-21-16(11-18)12-28-30(21)14-34-24(33)20-4-2-1-3-19(20)23(31)32/h1-13H,14H2,(H,27,29)(H,31,32). The normalized spacial score (nSPS) is 10.9. The summed E-state index contributed by atoms with van der Waals surface area (Å²) in [4.78, 5) is 28.0. The Morgan fingerprint density at radius 2 is 1.80 bits per heavy atom. The summed E-state index contributed by atoms with van der Waals surface area (Å²) >= 11 is 5.93. The van der Waals surface area contributed by atoms with E-state index in [2.05, 4.69) is 15.4 Å². The Morgan fingerprint density at radius 3 is 2.57 bits per heavy atom. The van der Waals surface area contributed by atoms with Crippen LogP contribution in [0.5, 0.6) is 0 Å². The Labute approximate surface area is 203 Å². The molecule has 0 aliphatic carbocycles. The van der Waals surface area contributed by atoms with Crippen LogP contribution in [0.4, 0.5) is 11.7 Å². The van der Waals surface area contributed by atoms with Gasteiger partial charge in [-0.1, -0.05) is 23.7 Å². The third kappa shape index (κ3) is 4.71. The third-order valence-corrected chi connectivity index (χ3v) is 5.47. The number of anilines is 2. The van der Waals surface area contributed by atoms with Gasteiger partial charge >= 0.3 is 11.9 Å². The van der Waals surface area contributed by atoms with Gasteiger partial charge in [0.25, 0.3) is 6.01 Å². The number of aromatic nitrogens is 3. The average molecular weight is 489 g/mol. The largest absolute Gasteiger partial charge is 0.478 e. The van der Waals surface area contributed by atoms with Crippen LogP contribution in [0.3, 0.4) is 0 Å². The fourth-order valence-electron chi connectivity index (χ4n) is 3.52. The van der Waals surface area contributed by atoms with Crippen LogP contribution in [0.25, 0.3) is 22.2 Å². The molecule has 5 rings (SSSR count). The molecule has 0 aliphatic heterocycles. The Balaban J connectivity index is 1.28. The minimum atomic E-state index is -1.20. The van der Waals surface area contributed by atoms with E-state index in [1.54, 1.807) is 36.7 Å². The molecule has 0 saturated heterocycles. The van der Waals surface area contributed by atoms with E-state index < -0.39 is 11.9 Å². The Morgan fingerprint density at radius 1 is 1.03 bits per heavy atom. The highest BCUT2D eigenvalue weighted by molar-refractivity contribution is 6.30. The number of halogens is 1. The van der Waals surface area contributed by atoms with Crippen LogP contribution in [-0.4, -0.2) is 31.8 Å². The molecular formula is C25H17ClN4O5. The lowest BCUT2D eigenvalue weighted by Gasteiger charge is -2.08. The van der Waals surface area contributed by atoms with Gasteiger partial charge in [0.15, 0.2) is 12.5 Å². The fraction of sp³-hybridized carbons (Fsp3) is 0.0400. The number of nitrogens with one attached hydrogen (secondary N) is 1. The smallest absolute Gasteiger partial charge is 0.340 e. The van der Waals surface area contributed by atoms with Crippen molar-refractivity contribution in [3.8, 4) is 11.3 Å². The number of carboxylic acid groups (broad SMARTS) is 1. The van der Waals surface area contributed by atoms with Gasteiger partial charge in [-0.05, 0) is 54.6 Å². The Hall–Kier alpha value is -4.63. The first kappa shape index (κ1) is 22.2. The molecule has 2 N–H and O–H groups in total. The molecule has 0 atom stereocenters. The molecule has 174 valence electrons. The summed E-state index contributed by atoms with van der Waals surface area (Å²) < 4.78 is 12.6. The number of oxazole rings is 1. The third-order valence-electron chi connectivity index (χ3n) is 5.22. The van der Waals surface area contributed by atoms with Crippen molar-refractivity contribution in [2.75, 3.05) is 5.32 Å². The second kappa shape index (κ2) is 9.32. The maximum Gasteiger partial charge on any atom is 0.340 e. The van der Waals surface area contributed by atoms with Gasteiger partial charge in [0, 0.05) is 21.7 Å². The number of fused-ring (bicyclic) bond motifs is 1. The molecule has 0 bridgehead atoms. The zero-order valence-corrected chi connectivity index (χ0v) is 18.8. The molecule has 0 unspecified atom stereocenters. The van der Waals surface area contributed by atoms with E-state index >= 15 is 0 Å². The summed E-state index contributed by atoms with van der Waals surface area (Å²) in [5.74, 6) is -1.34. The van der Waals surface area contributed by atoms with Crippen LogP contribution in [-0.2, 0) is 11.5 Å². The van der Waals surface area contributed by atoms with Crippen molar-refractivity contribution >= 4 is 46.1 Å². The first-order valence-corrected chi connectivity index (χ1v) is 10.8. The number of carbonyl (C=O) groups is 2. The molecule has 10 heteroatoms. The number of aromatic carboxylic acids is 1. The van der Waals surface area contributed by atoms with E-state index in [0.717, 1.165) is 22.2 Å². The lowest BCUT2D eigenvalue weighted by atomic mass is 10.1. The molecule has 3 aromatic carbocycles. The monoisotopic (exact) mass is 488 g/mol. The molecule has 0 saturated carbocycles. The molecule has 0 fully saturated rings. The minimum absolute atomic E-state index is 0.0214. The molecule has 0 spiro atoms. The van der Waals surface area contributed by atoms with Gasteiger partial charge in [0.2, 0.25) is 0 Å². The van der Waals surface area contributed by atoms with E-state index in [1.807, 2.05) is 30.3 Å². The number of esters is 1. The zero-order chi connectivity index (χ0) is 24.4. The lowest BCUT2D eigenvalue weighted by molar-refractivity contribution is 0.0352. The number of ether oxygens (including phenoxy) is 1. The van der Waals surface area contributed by atoms with Gasteiger partial charge in [0.05, 0.1) is 29.0 Å². The summed E-state index contributed by atoms with van der Waals surface area (Å²) in [5, 5.41) is 18.1. The van der Waals surface area contributed by atoms with Crippen LogP contribution in [0.2, 0.25) is 5.02 Å². The van der Waals surface area contributed by atoms with E-state index in [4.69, 9.17) is 20.8 Å². The highest BCUT2D eigenvalue weighted by Gasteiger charge is 2.17. The maximum absolute atomic E-state index is 12.4. The highest BCUT2D eigenvalue weighted by Crippen LogP contribution is 2.27. The first-order valence-electron chi connectivity index (χ1n) is 10.4. The Bertz CT molecular complexity index is 1540. The van der Waals surface area contributed by atoms with E-state index in [1.165, 1.54) is 16.8 Å². The topological polar surface area (TPSA) is 119 Å². The Kier molecular flexibility index (Phi) is 5.90. The van der Waals surface area contributed by atoms with Crippen molar-refractivity contribution in [3.05, 3.63) is 95.3 Å². The number of nitrogens with zero attached hydrogens (tertiary/aromatic N) is 3. The van der Waals surface area contributed by atoms with Gasteiger partial charge < -0.3 is 19.6 Å². The van der Waals surface area contributed by atoms with E-state index in [9.17, 15) is 14.7 Å². The summed E-state index contributed by atoms with van der Waals surface area (Å²) in [6.07, 6.45) is 3.26. The predicted molar refractivity (Wildman–Crippen MR) is 129 cm³/mol. The SMILES string of the molecule is O=C(O)c1ccccc1C(=O)OCn1ncc2cc(Nc3ncc(-c4ccc(Cl)cc4)o3)ccc21. The number of carboxylic acids is 1. The first-order chi connectivity index (χ1) is 17.0. The van der Waals surface area contributed by atoms with Crippen molar-refractivity contribution in [1.29, 1.82) is 0 Å². The molecule has 0 amide bonds. The highest BCUT2D eigenvalue weighted by atomic mass is 35.5. The molecule has 2 heterocycles. The molecule has 2 aromatic heterocycles. The number of hydrogen-bond acceptors (Lipinski definition) is 7. The van der Waals surface area contributed by atoms with Crippen molar-refractivity contribution in [2.45, 2.75) is 6.73 Å². The predicted octanol–water partition coefficient (Wildman–Crippen LogP) is 5.60. The van der Waals surface area contributed by atoms with Gasteiger partial charge in [-0.25, -0.2) is 19.3 Å². The number of benzene rings is 3. The molecule has 35 heavy (non-hydrogen) atoms. The van der Waals surface area contributed by atoms with Crippen molar-refractivity contribution in [3.63, 3.8) is 0 Å². The second-order valence-corrected chi connectivity index (χ2v) is 7.93. The van der Waals surface area contributed by atoms with E-state index in [-0.39, 0.29) is 17.9 Å². The van der Waals surface area contributed by atoms with Crippen LogP contribution < -0.4 is 5.32 Å². The van der Waals surface area contributed by atoms with Gasteiger partial charge in [0.1, 0.15) is 0 Å². The zero-order valence-electron chi connectivity index (χ0n) is 18.0. The van der Waals surface area contributed by atoms with Crippen LogP contribution >= 0.6 is 11.6 Å². The summed E-state index contributed by atoms with van der Waals surface area (Å²) in [6.45, 7) is -0.173. The summed E-state index contributed by atoms with van der Waals surface area (Å²) in [5.41, 5.74) is 2.17.